The third-order valence-corrected chi connectivity index (χ3v) is 5.48. The van der Waals surface area contributed by atoms with E-state index in [1.807, 2.05) is 6.07 Å². The van der Waals surface area contributed by atoms with Crippen LogP contribution in [0.25, 0.3) is 5.69 Å². The Labute approximate surface area is 162 Å². The van der Waals surface area contributed by atoms with E-state index < -0.39 is 17.4 Å². The van der Waals surface area contributed by atoms with Crippen LogP contribution in [0.15, 0.2) is 29.1 Å². The van der Waals surface area contributed by atoms with Crippen molar-refractivity contribution in [1.29, 1.82) is 5.26 Å². The molecule has 1 aromatic heterocycles. The highest BCUT2D eigenvalue weighted by Crippen LogP contribution is 2.41. The fourth-order valence-corrected chi connectivity index (χ4v) is 3.93. The number of carbonyl (C=O) groups excluding carboxylic acids is 2. The summed E-state index contributed by atoms with van der Waals surface area (Å²) in [6.07, 6.45) is 0.169. The molecule has 144 valence electrons. The number of carbonyl (C=O) groups is 2. The summed E-state index contributed by atoms with van der Waals surface area (Å²) < 4.78 is 11.3. The fourth-order valence-electron chi connectivity index (χ4n) is 3.93. The quantitative estimate of drug-likeness (QED) is 0.594. The first-order chi connectivity index (χ1) is 13.3. The maximum Gasteiger partial charge on any atom is 0.323 e. The second-order valence-corrected chi connectivity index (χ2v) is 6.89. The molecule has 0 unspecified atom stereocenters. The summed E-state index contributed by atoms with van der Waals surface area (Å²) in [6, 6.07) is 8.71. The van der Waals surface area contributed by atoms with Gasteiger partial charge in [-0.1, -0.05) is 0 Å². The number of methoxy groups -OCH3 is 2. The molecule has 28 heavy (non-hydrogen) atoms. The molecule has 0 bridgehead atoms. The van der Waals surface area contributed by atoms with E-state index in [-0.39, 0.29) is 18.4 Å². The molecule has 1 aliphatic carbocycles. The van der Waals surface area contributed by atoms with Crippen LogP contribution < -0.4 is 5.56 Å². The van der Waals surface area contributed by atoms with E-state index in [0.29, 0.717) is 28.1 Å². The second kappa shape index (κ2) is 6.97. The Balaban J connectivity index is 2.22. The van der Waals surface area contributed by atoms with Crippen LogP contribution in [0.3, 0.4) is 0 Å². The molecule has 1 aromatic carbocycles. The van der Waals surface area contributed by atoms with E-state index in [9.17, 15) is 14.4 Å². The Morgan fingerprint density at radius 1 is 1.04 bits per heavy atom. The van der Waals surface area contributed by atoms with Crippen LogP contribution in [-0.4, -0.2) is 30.7 Å². The number of benzene rings is 1. The van der Waals surface area contributed by atoms with Crippen LogP contribution in [0.5, 0.6) is 0 Å². The first kappa shape index (κ1) is 19.4. The van der Waals surface area contributed by atoms with Gasteiger partial charge in [-0.15, -0.1) is 0 Å². The number of fused-ring (bicyclic) bond motifs is 1. The Hall–Kier alpha value is -3.40. The third-order valence-electron chi connectivity index (χ3n) is 5.48. The topological polar surface area (TPSA) is 98.4 Å². The molecule has 0 aliphatic heterocycles. The van der Waals surface area contributed by atoms with Gasteiger partial charge in [0.05, 0.1) is 25.9 Å². The van der Waals surface area contributed by atoms with Gasteiger partial charge in [-0.05, 0) is 49.2 Å². The van der Waals surface area contributed by atoms with Crippen LogP contribution in [0.4, 0.5) is 0 Å². The number of hydrogen-bond acceptors (Lipinski definition) is 6. The number of aromatic nitrogens is 1. The predicted octanol–water partition coefficient (Wildman–Crippen LogP) is 1.76. The first-order valence-electron chi connectivity index (χ1n) is 8.72. The van der Waals surface area contributed by atoms with Gasteiger partial charge < -0.3 is 9.47 Å². The largest absolute Gasteiger partial charge is 0.468 e. The Morgan fingerprint density at radius 3 is 2.07 bits per heavy atom. The maximum absolute atomic E-state index is 13.1. The summed E-state index contributed by atoms with van der Waals surface area (Å²) in [6.45, 7) is 3.47. The summed E-state index contributed by atoms with van der Waals surface area (Å²) in [5, 5.41) is 8.98. The number of ether oxygens (including phenoxy) is 2. The third kappa shape index (κ3) is 2.69. The molecule has 0 spiro atoms. The summed E-state index contributed by atoms with van der Waals surface area (Å²) in [5.41, 5.74) is 1.94. The van der Waals surface area contributed by atoms with Gasteiger partial charge in [-0.3, -0.25) is 19.0 Å². The smallest absolute Gasteiger partial charge is 0.323 e. The highest BCUT2D eigenvalue weighted by Gasteiger charge is 2.53. The molecule has 0 saturated heterocycles. The first-order valence-corrected chi connectivity index (χ1v) is 8.72. The minimum absolute atomic E-state index is 0.0673. The minimum Gasteiger partial charge on any atom is -0.468 e. The summed E-state index contributed by atoms with van der Waals surface area (Å²) >= 11 is 0. The van der Waals surface area contributed by atoms with Crippen molar-refractivity contribution < 1.29 is 19.1 Å². The molecule has 0 N–H and O–H groups in total. The molecule has 0 radical (unpaired) electrons. The van der Waals surface area contributed by atoms with Crippen molar-refractivity contribution in [2.24, 2.45) is 5.41 Å². The number of esters is 2. The SMILES string of the molecule is COC(=O)C1(C(=O)OC)Cc2c(c(C)n(-c3ccc(C#N)cc3)c(=O)c2C)C1. The zero-order valence-electron chi connectivity index (χ0n) is 16.2. The van der Waals surface area contributed by atoms with Crippen LogP contribution in [0.2, 0.25) is 0 Å². The van der Waals surface area contributed by atoms with Gasteiger partial charge >= 0.3 is 11.9 Å². The van der Waals surface area contributed by atoms with Gasteiger partial charge in [0.25, 0.3) is 5.56 Å². The highest BCUT2D eigenvalue weighted by molar-refractivity contribution is 6.01. The van der Waals surface area contributed by atoms with E-state index >= 15 is 0 Å². The van der Waals surface area contributed by atoms with E-state index in [4.69, 9.17) is 14.7 Å². The van der Waals surface area contributed by atoms with E-state index in [2.05, 4.69) is 0 Å². The zero-order valence-corrected chi connectivity index (χ0v) is 16.2. The van der Waals surface area contributed by atoms with Crippen LogP contribution in [0, 0.1) is 30.6 Å². The molecular weight excluding hydrogens is 360 g/mol. The second-order valence-electron chi connectivity index (χ2n) is 6.89. The van der Waals surface area contributed by atoms with Gasteiger partial charge in [0, 0.05) is 29.8 Å². The predicted molar refractivity (Wildman–Crippen MR) is 100 cm³/mol. The van der Waals surface area contributed by atoms with E-state index in [1.54, 1.807) is 42.7 Å². The Bertz CT molecular complexity index is 1060. The van der Waals surface area contributed by atoms with Crippen LogP contribution in [-0.2, 0) is 31.9 Å². The monoisotopic (exact) mass is 380 g/mol. The lowest BCUT2D eigenvalue weighted by atomic mass is 9.84. The lowest BCUT2D eigenvalue weighted by Crippen LogP contribution is -2.42. The number of nitriles is 1. The molecule has 0 fully saturated rings. The van der Waals surface area contributed by atoms with Crippen molar-refractivity contribution >= 4 is 11.9 Å². The average Bonchev–Trinajstić information content (AvgIpc) is 3.14. The van der Waals surface area contributed by atoms with Crippen LogP contribution >= 0.6 is 0 Å². The molecule has 7 heteroatoms. The Kier molecular flexibility index (Phi) is 4.82. The van der Waals surface area contributed by atoms with Gasteiger partial charge in [0.15, 0.2) is 5.41 Å². The molecule has 1 heterocycles. The Morgan fingerprint density at radius 2 is 1.57 bits per heavy atom. The zero-order chi connectivity index (χ0) is 20.6. The van der Waals surface area contributed by atoms with E-state index in [1.165, 1.54) is 14.2 Å². The van der Waals surface area contributed by atoms with E-state index in [0.717, 1.165) is 5.56 Å². The number of pyridine rings is 1. The van der Waals surface area contributed by atoms with Gasteiger partial charge in [-0.2, -0.15) is 5.26 Å². The number of nitrogens with zero attached hydrogens (tertiary/aromatic N) is 2. The molecule has 1 aliphatic rings. The molecule has 7 nitrogen and oxygen atoms in total. The van der Waals surface area contributed by atoms with Crippen molar-refractivity contribution in [3.63, 3.8) is 0 Å². The number of hydrogen-bond donors (Lipinski definition) is 0. The fraction of sp³-hybridized carbons (Fsp3) is 0.333. The summed E-state index contributed by atoms with van der Waals surface area (Å²) in [7, 11) is 2.46. The molecular formula is C21H20N2O5. The molecule has 0 amide bonds. The normalized spacial score (nSPS) is 14.1. The van der Waals surface area contributed by atoms with Crippen molar-refractivity contribution in [3.8, 4) is 11.8 Å². The number of rotatable bonds is 3. The molecule has 0 saturated carbocycles. The molecule has 0 atom stereocenters. The highest BCUT2D eigenvalue weighted by atomic mass is 16.5. The van der Waals surface area contributed by atoms with Crippen molar-refractivity contribution in [2.45, 2.75) is 26.7 Å². The van der Waals surface area contributed by atoms with Crippen molar-refractivity contribution in [2.75, 3.05) is 14.2 Å². The maximum atomic E-state index is 13.1. The molecule has 3 rings (SSSR count). The van der Waals surface area contributed by atoms with Gasteiger partial charge in [0.1, 0.15) is 0 Å². The standard InChI is InChI=1S/C21H20N2O5/c1-12-16-9-21(19(25)27-3,20(26)28-4)10-17(16)13(2)23(18(12)24)15-7-5-14(11-22)6-8-15/h5-8H,9-10H2,1-4H3. The summed E-state index contributed by atoms with van der Waals surface area (Å²) in [5.74, 6) is -1.35. The summed E-state index contributed by atoms with van der Waals surface area (Å²) in [4.78, 5) is 38.1. The molecule has 2 aromatic rings. The van der Waals surface area contributed by atoms with Gasteiger partial charge in [-0.25, -0.2) is 0 Å². The lowest BCUT2D eigenvalue weighted by molar-refractivity contribution is -0.168. The van der Waals surface area contributed by atoms with Crippen molar-refractivity contribution in [1.82, 2.24) is 4.57 Å². The average molecular weight is 380 g/mol. The van der Waals surface area contributed by atoms with Gasteiger partial charge in [0.2, 0.25) is 0 Å². The van der Waals surface area contributed by atoms with Crippen molar-refractivity contribution in [3.05, 3.63) is 62.6 Å². The lowest BCUT2D eigenvalue weighted by Gasteiger charge is -2.22. The van der Waals surface area contributed by atoms with Crippen LogP contribution in [0.1, 0.15) is 27.9 Å². The minimum atomic E-state index is -1.49.